The highest BCUT2D eigenvalue weighted by Gasteiger charge is 2.15. The van der Waals surface area contributed by atoms with Crippen molar-refractivity contribution in [1.82, 2.24) is 10.0 Å². The van der Waals surface area contributed by atoms with Gasteiger partial charge in [-0.25, -0.2) is 13.1 Å². The average Bonchev–Trinajstić information content (AvgIpc) is 2.38. The van der Waals surface area contributed by atoms with E-state index in [4.69, 9.17) is 4.74 Å². The van der Waals surface area contributed by atoms with Crippen LogP contribution in [0.15, 0.2) is 24.3 Å². The maximum Gasteiger partial charge on any atom is 0.212 e. The molecule has 5 nitrogen and oxygen atoms in total. The molecule has 0 aliphatic heterocycles. The van der Waals surface area contributed by atoms with Crippen molar-refractivity contribution in [1.29, 1.82) is 0 Å². The van der Waals surface area contributed by atoms with Crippen LogP contribution in [0.25, 0.3) is 0 Å². The van der Waals surface area contributed by atoms with Gasteiger partial charge in [-0.15, -0.1) is 0 Å². The number of methoxy groups -OCH3 is 1. The lowest BCUT2D eigenvalue weighted by Gasteiger charge is -2.15. The van der Waals surface area contributed by atoms with Crippen LogP contribution in [0.4, 0.5) is 0 Å². The lowest BCUT2D eigenvalue weighted by Crippen LogP contribution is -2.30. The molecule has 1 atom stereocenters. The second kappa shape index (κ2) is 7.47. The summed E-state index contributed by atoms with van der Waals surface area (Å²) in [6.07, 6.45) is 0.598. The van der Waals surface area contributed by atoms with Crippen molar-refractivity contribution in [3.63, 3.8) is 0 Å². The molecule has 1 aromatic carbocycles. The summed E-state index contributed by atoms with van der Waals surface area (Å²) < 4.78 is 31.4. The Hall–Kier alpha value is -1.11. The Morgan fingerprint density at radius 2 is 1.89 bits per heavy atom. The second-order valence-electron chi connectivity index (χ2n) is 4.39. The van der Waals surface area contributed by atoms with E-state index in [9.17, 15) is 8.42 Å². The Morgan fingerprint density at radius 1 is 1.26 bits per heavy atom. The Bertz CT molecular complexity index is 471. The molecule has 0 heterocycles. The molecule has 0 aliphatic rings. The molecule has 19 heavy (non-hydrogen) atoms. The monoisotopic (exact) mass is 286 g/mol. The lowest BCUT2D eigenvalue weighted by molar-refractivity contribution is 0.414. The summed E-state index contributed by atoms with van der Waals surface area (Å²) in [5, 5.41) is 2.93. The van der Waals surface area contributed by atoms with Crippen molar-refractivity contribution in [2.75, 3.05) is 26.5 Å². The van der Waals surface area contributed by atoms with Crippen molar-refractivity contribution in [3.8, 4) is 5.75 Å². The van der Waals surface area contributed by atoms with Gasteiger partial charge in [0.25, 0.3) is 0 Å². The minimum absolute atomic E-state index is 0.133. The van der Waals surface area contributed by atoms with E-state index in [1.54, 1.807) is 14.2 Å². The summed E-state index contributed by atoms with van der Waals surface area (Å²) >= 11 is 0. The molecule has 0 amide bonds. The molecule has 2 N–H and O–H groups in total. The maximum absolute atomic E-state index is 11.8. The van der Waals surface area contributed by atoms with Gasteiger partial charge in [0.05, 0.1) is 12.9 Å². The van der Waals surface area contributed by atoms with Crippen LogP contribution < -0.4 is 14.8 Å². The fraction of sp³-hybridized carbons (Fsp3) is 0.538. The minimum atomic E-state index is -3.24. The van der Waals surface area contributed by atoms with Gasteiger partial charge in [-0.3, -0.25) is 0 Å². The first-order valence-corrected chi connectivity index (χ1v) is 7.92. The van der Waals surface area contributed by atoms with E-state index in [0.717, 1.165) is 11.3 Å². The number of hydrogen-bond acceptors (Lipinski definition) is 4. The highest BCUT2D eigenvalue weighted by molar-refractivity contribution is 7.89. The van der Waals surface area contributed by atoms with Crippen molar-refractivity contribution < 1.29 is 13.2 Å². The Kier molecular flexibility index (Phi) is 6.27. The molecule has 1 aromatic rings. The van der Waals surface area contributed by atoms with Gasteiger partial charge in [0.15, 0.2) is 0 Å². The Labute approximate surface area is 115 Å². The molecule has 0 spiro atoms. The second-order valence-corrected chi connectivity index (χ2v) is 6.26. The molecule has 6 heteroatoms. The SMILES string of the molecule is CNCCCS(=O)(=O)NC(C)c1ccc(OC)cc1. The third kappa shape index (κ3) is 5.59. The fourth-order valence-electron chi connectivity index (χ4n) is 1.73. The number of sulfonamides is 1. The molecule has 0 radical (unpaired) electrons. The van der Waals surface area contributed by atoms with Crippen molar-refractivity contribution in [3.05, 3.63) is 29.8 Å². The predicted octanol–water partition coefficient (Wildman–Crippen LogP) is 1.29. The maximum atomic E-state index is 11.8. The first kappa shape index (κ1) is 15.9. The molecule has 0 aromatic heterocycles. The van der Waals surface area contributed by atoms with Gasteiger partial charge < -0.3 is 10.1 Å². The minimum Gasteiger partial charge on any atom is -0.497 e. The average molecular weight is 286 g/mol. The van der Waals surface area contributed by atoms with Crippen LogP contribution in [0.1, 0.15) is 24.9 Å². The van der Waals surface area contributed by atoms with E-state index < -0.39 is 10.0 Å². The Morgan fingerprint density at radius 3 is 2.42 bits per heavy atom. The largest absolute Gasteiger partial charge is 0.497 e. The van der Waals surface area contributed by atoms with E-state index in [0.29, 0.717) is 13.0 Å². The van der Waals surface area contributed by atoms with Gasteiger partial charge in [-0.2, -0.15) is 0 Å². The van der Waals surface area contributed by atoms with Gasteiger partial charge in [-0.05, 0) is 44.6 Å². The molecule has 1 unspecified atom stereocenters. The molecule has 0 fully saturated rings. The summed E-state index contributed by atoms with van der Waals surface area (Å²) in [7, 11) is 0.168. The fourth-order valence-corrected chi connectivity index (χ4v) is 3.04. The Balaban J connectivity index is 2.59. The molecular weight excluding hydrogens is 264 g/mol. The molecule has 0 saturated carbocycles. The van der Waals surface area contributed by atoms with Crippen LogP contribution >= 0.6 is 0 Å². The van der Waals surface area contributed by atoms with Gasteiger partial charge in [0.2, 0.25) is 10.0 Å². The topological polar surface area (TPSA) is 67.4 Å². The molecular formula is C13H22N2O3S. The molecule has 0 aliphatic carbocycles. The standard InChI is InChI=1S/C13H22N2O3S/c1-11(12-5-7-13(18-3)8-6-12)15-19(16,17)10-4-9-14-2/h5-8,11,14-15H,4,9-10H2,1-3H3. The van der Waals surface area contributed by atoms with E-state index in [1.165, 1.54) is 0 Å². The lowest BCUT2D eigenvalue weighted by atomic mass is 10.1. The van der Waals surface area contributed by atoms with Gasteiger partial charge in [-0.1, -0.05) is 12.1 Å². The van der Waals surface area contributed by atoms with Crippen molar-refractivity contribution in [2.45, 2.75) is 19.4 Å². The van der Waals surface area contributed by atoms with E-state index in [1.807, 2.05) is 31.2 Å². The van der Waals surface area contributed by atoms with Crippen molar-refractivity contribution in [2.24, 2.45) is 0 Å². The van der Waals surface area contributed by atoms with E-state index >= 15 is 0 Å². The quantitative estimate of drug-likeness (QED) is 0.707. The summed E-state index contributed by atoms with van der Waals surface area (Å²) in [6, 6.07) is 7.12. The first-order chi connectivity index (χ1) is 8.98. The first-order valence-electron chi connectivity index (χ1n) is 6.27. The smallest absolute Gasteiger partial charge is 0.212 e. The number of hydrogen-bond donors (Lipinski definition) is 2. The highest BCUT2D eigenvalue weighted by atomic mass is 32.2. The molecule has 108 valence electrons. The molecule has 0 bridgehead atoms. The van der Waals surface area contributed by atoms with E-state index in [-0.39, 0.29) is 11.8 Å². The zero-order valence-corrected chi connectivity index (χ0v) is 12.5. The number of benzene rings is 1. The zero-order chi connectivity index (χ0) is 14.3. The summed E-state index contributed by atoms with van der Waals surface area (Å²) in [4.78, 5) is 0. The summed E-state index contributed by atoms with van der Waals surface area (Å²) in [6.45, 7) is 2.52. The van der Waals surface area contributed by atoms with Gasteiger partial charge >= 0.3 is 0 Å². The van der Waals surface area contributed by atoms with Crippen molar-refractivity contribution >= 4 is 10.0 Å². The third-order valence-corrected chi connectivity index (χ3v) is 4.35. The predicted molar refractivity (Wildman–Crippen MR) is 76.9 cm³/mol. The van der Waals surface area contributed by atoms with Crippen LogP contribution in [0.5, 0.6) is 5.75 Å². The third-order valence-electron chi connectivity index (χ3n) is 2.81. The molecule has 1 rings (SSSR count). The van der Waals surface area contributed by atoms with Crippen LogP contribution in [-0.4, -0.2) is 34.9 Å². The van der Waals surface area contributed by atoms with Crippen LogP contribution in [-0.2, 0) is 10.0 Å². The van der Waals surface area contributed by atoms with Crippen LogP contribution in [0, 0.1) is 0 Å². The number of ether oxygens (including phenoxy) is 1. The van der Waals surface area contributed by atoms with Gasteiger partial charge in [0.1, 0.15) is 5.75 Å². The number of nitrogens with one attached hydrogen (secondary N) is 2. The van der Waals surface area contributed by atoms with Crippen LogP contribution in [0.3, 0.4) is 0 Å². The number of rotatable bonds is 8. The normalized spacial score (nSPS) is 13.2. The zero-order valence-electron chi connectivity index (χ0n) is 11.6. The van der Waals surface area contributed by atoms with Gasteiger partial charge in [0, 0.05) is 6.04 Å². The van der Waals surface area contributed by atoms with Crippen LogP contribution in [0.2, 0.25) is 0 Å². The van der Waals surface area contributed by atoms with E-state index in [2.05, 4.69) is 10.0 Å². The summed E-state index contributed by atoms with van der Waals surface area (Å²) in [5.41, 5.74) is 0.915. The highest BCUT2D eigenvalue weighted by Crippen LogP contribution is 2.17. The molecule has 0 saturated heterocycles. The summed E-state index contributed by atoms with van der Waals surface area (Å²) in [5.74, 6) is 0.891.